The molecular formula is C21H24N4OS2. The van der Waals surface area contributed by atoms with Crippen LogP contribution in [0, 0.1) is 13.8 Å². The van der Waals surface area contributed by atoms with Gasteiger partial charge in [0.15, 0.2) is 5.16 Å². The molecule has 1 aliphatic carbocycles. The van der Waals surface area contributed by atoms with Gasteiger partial charge in [0.2, 0.25) is 5.91 Å². The molecule has 1 aliphatic rings. The SMILES string of the molecule is Cc1ccc(NC(=O)[C@H](C)Sc2nnc(Cc3cccs3)n2C2CC2)c(C)c1. The number of carbonyl (C=O) groups is 1. The fraction of sp³-hybridized carbons (Fsp3) is 0.381. The Hall–Kier alpha value is -2.12. The summed E-state index contributed by atoms with van der Waals surface area (Å²) in [5, 5.41) is 14.6. The summed E-state index contributed by atoms with van der Waals surface area (Å²) in [5.41, 5.74) is 3.13. The molecule has 2 heterocycles. The molecule has 146 valence electrons. The second-order valence-electron chi connectivity index (χ2n) is 7.32. The van der Waals surface area contributed by atoms with E-state index in [2.05, 4.69) is 50.6 Å². The van der Waals surface area contributed by atoms with Gasteiger partial charge in [0.1, 0.15) is 5.82 Å². The predicted octanol–water partition coefficient (Wildman–Crippen LogP) is 5.00. The van der Waals surface area contributed by atoms with Gasteiger partial charge in [-0.05, 0) is 56.7 Å². The molecule has 0 radical (unpaired) electrons. The smallest absolute Gasteiger partial charge is 0.237 e. The third-order valence-electron chi connectivity index (χ3n) is 4.85. The zero-order valence-corrected chi connectivity index (χ0v) is 17.9. The first-order valence-electron chi connectivity index (χ1n) is 9.52. The van der Waals surface area contributed by atoms with E-state index in [1.54, 1.807) is 11.3 Å². The summed E-state index contributed by atoms with van der Waals surface area (Å²) >= 11 is 3.23. The van der Waals surface area contributed by atoms with Crippen LogP contribution in [-0.4, -0.2) is 25.9 Å². The normalized spacial score (nSPS) is 14.8. The molecule has 7 heteroatoms. The van der Waals surface area contributed by atoms with Crippen LogP contribution in [0.4, 0.5) is 5.69 Å². The van der Waals surface area contributed by atoms with E-state index in [0.717, 1.165) is 41.5 Å². The number of nitrogens with zero attached hydrogens (tertiary/aromatic N) is 3. The topological polar surface area (TPSA) is 59.8 Å². The van der Waals surface area contributed by atoms with E-state index in [4.69, 9.17) is 0 Å². The lowest BCUT2D eigenvalue weighted by Crippen LogP contribution is -2.23. The van der Waals surface area contributed by atoms with Crippen LogP contribution in [0.1, 0.15) is 47.6 Å². The second kappa shape index (κ2) is 8.09. The van der Waals surface area contributed by atoms with Crippen LogP contribution in [0.5, 0.6) is 0 Å². The van der Waals surface area contributed by atoms with Crippen molar-refractivity contribution < 1.29 is 4.79 Å². The van der Waals surface area contributed by atoms with Crippen LogP contribution < -0.4 is 5.32 Å². The van der Waals surface area contributed by atoms with Crippen molar-refractivity contribution in [1.82, 2.24) is 14.8 Å². The summed E-state index contributed by atoms with van der Waals surface area (Å²) in [5.74, 6) is 0.983. The number of thioether (sulfide) groups is 1. The zero-order chi connectivity index (χ0) is 19.7. The highest BCUT2D eigenvalue weighted by atomic mass is 32.2. The monoisotopic (exact) mass is 412 g/mol. The van der Waals surface area contributed by atoms with E-state index < -0.39 is 0 Å². The molecule has 4 rings (SSSR count). The Morgan fingerprint density at radius 3 is 2.82 bits per heavy atom. The number of nitrogens with one attached hydrogen (secondary N) is 1. The number of benzene rings is 1. The van der Waals surface area contributed by atoms with Gasteiger partial charge < -0.3 is 9.88 Å². The number of thiophene rings is 1. The highest BCUT2D eigenvalue weighted by molar-refractivity contribution is 8.00. The first-order chi connectivity index (χ1) is 13.5. The van der Waals surface area contributed by atoms with E-state index in [9.17, 15) is 4.79 Å². The Kier molecular flexibility index (Phi) is 5.55. The van der Waals surface area contributed by atoms with Gasteiger partial charge in [0.25, 0.3) is 0 Å². The molecule has 1 aromatic carbocycles. The molecular weight excluding hydrogens is 388 g/mol. The van der Waals surface area contributed by atoms with Gasteiger partial charge >= 0.3 is 0 Å². The molecule has 1 N–H and O–H groups in total. The summed E-state index contributed by atoms with van der Waals surface area (Å²) in [6, 6.07) is 10.7. The first kappa shape index (κ1) is 19.2. The van der Waals surface area contributed by atoms with Gasteiger partial charge in [-0.25, -0.2) is 0 Å². The first-order valence-corrected chi connectivity index (χ1v) is 11.3. The Morgan fingerprint density at radius 2 is 2.14 bits per heavy atom. The number of hydrogen-bond donors (Lipinski definition) is 1. The van der Waals surface area contributed by atoms with Crippen LogP contribution in [0.25, 0.3) is 0 Å². The van der Waals surface area contributed by atoms with Gasteiger partial charge in [0.05, 0.1) is 5.25 Å². The average Bonchev–Trinajstić information content (AvgIpc) is 3.22. The molecule has 0 spiro atoms. The largest absolute Gasteiger partial charge is 0.325 e. The van der Waals surface area contributed by atoms with Crippen molar-refractivity contribution in [3.8, 4) is 0 Å². The number of carbonyl (C=O) groups excluding carboxylic acids is 1. The number of anilines is 1. The van der Waals surface area contributed by atoms with Crippen molar-refractivity contribution in [3.63, 3.8) is 0 Å². The van der Waals surface area contributed by atoms with E-state index in [1.165, 1.54) is 22.2 Å². The van der Waals surface area contributed by atoms with Crippen LogP contribution in [0.15, 0.2) is 40.9 Å². The van der Waals surface area contributed by atoms with E-state index in [0.29, 0.717) is 6.04 Å². The maximum Gasteiger partial charge on any atom is 0.237 e. The second-order valence-corrected chi connectivity index (χ2v) is 9.66. The van der Waals surface area contributed by atoms with Gasteiger partial charge in [-0.3, -0.25) is 4.79 Å². The highest BCUT2D eigenvalue weighted by Gasteiger charge is 2.31. The van der Waals surface area contributed by atoms with Crippen LogP contribution in [-0.2, 0) is 11.2 Å². The molecule has 1 saturated carbocycles. The highest BCUT2D eigenvalue weighted by Crippen LogP contribution is 2.40. The maximum absolute atomic E-state index is 12.7. The van der Waals surface area contributed by atoms with Crippen molar-refractivity contribution >= 4 is 34.7 Å². The molecule has 3 aromatic rings. The standard InChI is InChI=1S/C21H24N4OS2/c1-13-6-9-18(14(2)11-13)22-20(26)15(3)28-21-24-23-19(25(21)16-7-8-16)12-17-5-4-10-27-17/h4-6,9-11,15-16H,7-8,12H2,1-3H3,(H,22,26)/t15-/m0/s1. The molecule has 28 heavy (non-hydrogen) atoms. The van der Waals surface area contributed by atoms with Gasteiger partial charge in [0, 0.05) is 23.0 Å². The van der Waals surface area contributed by atoms with E-state index >= 15 is 0 Å². The third kappa shape index (κ3) is 4.31. The van der Waals surface area contributed by atoms with E-state index in [-0.39, 0.29) is 11.2 Å². The summed E-state index contributed by atoms with van der Waals surface area (Å²) in [6.07, 6.45) is 3.11. The molecule has 0 saturated heterocycles. The Morgan fingerprint density at radius 1 is 1.32 bits per heavy atom. The molecule has 5 nitrogen and oxygen atoms in total. The third-order valence-corrected chi connectivity index (χ3v) is 6.78. The Balaban J connectivity index is 1.47. The fourth-order valence-corrected chi connectivity index (χ4v) is 4.82. The van der Waals surface area contributed by atoms with Crippen LogP contribution in [0.2, 0.25) is 0 Å². The van der Waals surface area contributed by atoms with Gasteiger partial charge in [-0.15, -0.1) is 21.5 Å². The van der Waals surface area contributed by atoms with E-state index in [1.807, 2.05) is 26.0 Å². The quantitative estimate of drug-likeness (QED) is 0.555. The Bertz CT molecular complexity index is 976. The van der Waals surface area contributed by atoms with Crippen molar-refractivity contribution in [1.29, 1.82) is 0 Å². The lowest BCUT2D eigenvalue weighted by Gasteiger charge is -2.14. The lowest BCUT2D eigenvalue weighted by atomic mass is 10.1. The lowest BCUT2D eigenvalue weighted by molar-refractivity contribution is -0.115. The minimum Gasteiger partial charge on any atom is -0.325 e. The van der Waals surface area contributed by atoms with Crippen molar-refractivity contribution in [2.75, 3.05) is 5.32 Å². The average molecular weight is 413 g/mol. The summed E-state index contributed by atoms with van der Waals surface area (Å²) < 4.78 is 2.24. The molecule has 2 aromatic heterocycles. The summed E-state index contributed by atoms with van der Waals surface area (Å²) in [6.45, 7) is 5.99. The fourth-order valence-electron chi connectivity index (χ4n) is 3.18. The predicted molar refractivity (Wildman–Crippen MR) is 115 cm³/mol. The van der Waals surface area contributed by atoms with Crippen molar-refractivity contribution in [3.05, 3.63) is 57.5 Å². The molecule has 1 fully saturated rings. The summed E-state index contributed by atoms with van der Waals surface area (Å²) in [4.78, 5) is 14.0. The van der Waals surface area contributed by atoms with Gasteiger partial charge in [-0.2, -0.15) is 0 Å². The minimum atomic E-state index is -0.253. The number of amides is 1. The molecule has 0 aliphatic heterocycles. The molecule has 1 amide bonds. The Labute approximate surface area is 173 Å². The van der Waals surface area contributed by atoms with Crippen LogP contribution in [0.3, 0.4) is 0 Å². The minimum absolute atomic E-state index is 0.0119. The number of aryl methyl sites for hydroxylation is 2. The van der Waals surface area contributed by atoms with Crippen molar-refractivity contribution in [2.45, 2.75) is 56.5 Å². The number of rotatable bonds is 7. The van der Waals surface area contributed by atoms with Gasteiger partial charge in [-0.1, -0.05) is 35.5 Å². The molecule has 0 bridgehead atoms. The maximum atomic E-state index is 12.7. The molecule has 0 unspecified atom stereocenters. The summed E-state index contributed by atoms with van der Waals surface area (Å²) in [7, 11) is 0. The molecule has 1 atom stereocenters. The number of aromatic nitrogens is 3. The number of hydrogen-bond acceptors (Lipinski definition) is 5. The van der Waals surface area contributed by atoms with Crippen molar-refractivity contribution in [2.24, 2.45) is 0 Å². The van der Waals surface area contributed by atoms with Crippen LogP contribution >= 0.6 is 23.1 Å². The zero-order valence-electron chi connectivity index (χ0n) is 16.3.